The van der Waals surface area contributed by atoms with Crippen LogP contribution in [0.25, 0.3) is 11.1 Å². The first-order valence-electron chi connectivity index (χ1n) is 8.92. The SMILES string of the molecule is NCc1ccccc1C1=CC(c2ccccn2)=CN(c2ccccc2)C1O. The van der Waals surface area contributed by atoms with Crippen molar-refractivity contribution in [2.75, 3.05) is 4.90 Å². The summed E-state index contributed by atoms with van der Waals surface area (Å²) in [5.41, 5.74) is 11.4. The molecule has 2 heterocycles. The largest absolute Gasteiger partial charge is 0.369 e. The van der Waals surface area contributed by atoms with Crippen molar-refractivity contribution in [3.05, 3.63) is 108 Å². The van der Waals surface area contributed by atoms with E-state index in [0.717, 1.165) is 33.7 Å². The van der Waals surface area contributed by atoms with Gasteiger partial charge in [-0.05, 0) is 41.5 Å². The predicted octanol–water partition coefficient (Wildman–Crippen LogP) is 3.80. The second-order valence-electron chi connectivity index (χ2n) is 6.38. The lowest BCUT2D eigenvalue weighted by atomic mass is 9.93. The Labute approximate surface area is 158 Å². The number of allylic oxidation sites excluding steroid dienone is 2. The van der Waals surface area contributed by atoms with Crippen molar-refractivity contribution in [2.45, 2.75) is 12.8 Å². The van der Waals surface area contributed by atoms with Crippen molar-refractivity contribution in [1.29, 1.82) is 0 Å². The number of pyridine rings is 1. The van der Waals surface area contributed by atoms with E-state index < -0.39 is 6.23 Å². The molecule has 4 rings (SSSR count). The minimum absolute atomic E-state index is 0.411. The Hall–Kier alpha value is -3.21. The molecule has 0 saturated heterocycles. The van der Waals surface area contributed by atoms with E-state index in [2.05, 4.69) is 4.98 Å². The number of aliphatic hydroxyl groups excluding tert-OH is 1. The standard InChI is InChI=1S/C23H21N3O/c24-15-17-8-4-5-11-20(17)21-14-18(22-12-6-7-13-25-22)16-26(23(21)27)19-9-2-1-3-10-19/h1-14,16,23,27H,15,24H2. The second-order valence-corrected chi connectivity index (χ2v) is 6.38. The predicted molar refractivity (Wildman–Crippen MR) is 109 cm³/mol. The highest BCUT2D eigenvalue weighted by atomic mass is 16.3. The Balaban J connectivity index is 1.87. The summed E-state index contributed by atoms with van der Waals surface area (Å²) in [4.78, 5) is 6.35. The Morgan fingerprint density at radius 3 is 2.41 bits per heavy atom. The lowest BCUT2D eigenvalue weighted by molar-refractivity contribution is 0.236. The van der Waals surface area contributed by atoms with E-state index in [0.29, 0.717) is 6.54 Å². The monoisotopic (exact) mass is 355 g/mol. The highest BCUT2D eigenvalue weighted by Gasteiger charge is 2.26. The summed E-state index contributed by atoms with van der Waals surface area (Å²) in [6.07, 6.45) is 4.90. The van der Waals surface area contributed by atoms with E-state index in [-0.39, 0.29) is 0 Å². The quantitative estimate of drug-likeness (QED) is 0.747. The molecule has 0 radical (unpaired) electrons. The minimum Gasteiger partial charge on any atom is -0.369 e. The molecule has 2 aromatic carbocycles. The van der Waals surface area contributed by atoms with Gasteiger partial charge in [-0.1, -0.05) is 48.5 Å². The lowest BCUT2D eigenvalue weighted by Crippen LogP contribution is -2.34. The molecule has 0 bridgehead atoms. The molecule has 0 fully saturated rings. The van der Waals surface area contributed by atoms with Crippen LogP contribution in [0.4, 0.5) is 5.69 Å². The van der Waals surface area contributed by atoms with Crippen molar-refractivity contribution < 1.29 is 5.11 Å². The Bertz CT molecular complexity index is 981. The number of benzene rings is 2. The molecule has 1 aliphatic heterocycles. The lowest BCUT2D eigenvalue weighted by Gasteiger charge is -2.33. The van der Waals surface area contributed by atoms with Gasteiger partial charge in [-0.3, -0.25) is 4.98 Å². The number of nitrogens with two attached hydrogens (primary N) is 1. The Morgan fingerprint density at radius 1 is 0.926 bits per heavy atom. The smallest absolute Gasteiger partial charge is 0.157 e. The maximum atomic E-state index is 11.2. The summed E-state index contributed by atoms with van der Waals surface area (Å²) in [5, 5.41) is 11.2. The van der Waals surface area contributed by atoms with Crippen molar-refractivity contribution in [3.63, 3.8) is 0 Å². The molecular formula is C23H21N3O. The third-order valence-corrected chi connectivity index (χ3v) is 4.69. The molecule has 0 spiro atoms. The van der Waals surface area contributed by atoms with Crippen LogP contribution in [0.5, 0.6) is 0 Å². The van der Waals surface area contributed by atoms with Crippen LogP contribution in [0.15, 0.2) is 91.3 Å². The van der Waals surface area contributed by atoms with Gasteiger partial charge in [-0.15, -0.1) is 0 Å². The first kappa shape index (κ1) is 17.2. The molecule has 27 heavy (non-hydrogen) atoms. The number of aliphatic hydroxyl groups is 1. The zero-order valence-electron chi connectivity index (χ0n) is 14.9. The van der Waals surface area contributed by atoms with Gasteiger partial charge >= 0.3 is 0 Å². The number of rotatable bonds is 4. The minimum atomic E-state index is -0.812. The molecular weight excluding hydrogens is 334 g/mol. The summed E-state index contributed by atoms with van der Waals surface area (Å²) in [6, 6.07) is 23.6. The fourth-order valence-electron chi connectivity index (χ4n) is 3.34. The van der Waals surface area contributed by atoms with Crippen molar-refractivity contribution in [2.24, 2.45) is 5.73 Å². The van der Waals surface area contributed by atoms with E-state index in [1.165, 1.54) is 0 Å². The summed E-state index contributed by atoms with van der Waals surface area (Å²) >= 11 is 0. The third kappa shape index (κ3) is 3.40. The summed E-state index contributed by atoms with van der Waals surface area (Å²) < 4.78 is 0. The second kappa shape index (κ2) is 7.58. The molecule has 4 heteroatoms. The van der Waals surface area contributed by atoms with Gasteiger partial charge in [-0.25, -0.2) is 0 Å². The molecule has 0 saturated carbocycles. The van der Waals surface area contributed by atoms with E-state index in [1.54, 1.807) is 6.20 Å². The fourth-order valence-corrected chi connectivity index (χ4v) is 3.34. The van der Waals surface area contributed by atoms with Gasteiger partial charge in [0, 0.05) is 35.8 Å². The molecule has 3 N–H and O–H groups in total. The normalized spacial score (nSPS) is 16.7. The van der Waals surface area contributed by atoms with Gasteiger partial charge < -0.3 is 15.7 Å². The molecule has 0 aliphatic carbocycles. The topological polar surface area (TPSA) is 62.4 Å². The van der Waals surface area contributed by atoms with Gasteiger partial charge in [0.15, 0.2) is 6.23 Å². The zero-order chi connectivity index (χ0) is 18.6. The average Bonchev–Trinajstić information content (AvgIpc) is 2.75. The van der Waals surface area contributed by atoms with Crippen LogP contribution in [0.1, 0.15) is 16.8 Å². The summed E-state index contributed by atoms with van der Waals surface area (Å²) in [7, 11) is 0. The first-order valence-corrected chi connectivity index (χ1v) is 8.92. The van der Waals surface area contributed by atoms with Gasteiger partial charge in [-0.2, -0.15) is 0 Å². The van der Waals surface area contributed by atoms with E-state index in [4.69, 9.17) is 5.73 Å². The van der Waals surface area contributed by atoms with Crippen LogP contribution >= 0.6 is 0 Å². The van der Waals surface area contributed by atoms with E-state index in [9.17, 15) is 5.11 Å². The molecule has 1 aliphatic rings. The molecule has 1 atom stereocenters. The number of hydrogen-bond acceptors (Lipinski definition) is 4. The number of nitrogens with zero attached hydrogens (tertiary/aromatic N) is 2. The number of hydrogen-bond donors (Lipinski definition) is 2. The molecule has 0 amide bonds. The zero-order valence-corrected chi connectivity index (χ0v) is 14.9. The maximum absolute atomic E-state index is 11.2. The maximum Gasteiger partial charge on any atom is 0.157 e. The van der Waals surface area contributed by atoms with Crippen LogP contribution in [0.2, 0.25) is 0 Å². The Morgan fingerprint density at radius 2 is 1.67 bits per heavy atom. The summed E-state index contributed by atoms with van der Waals surface area (Å²) in [6.45, 7) is 0.411. The number of anilines is 1. The molecule has 4 nitrogen and oxygen atoms in total. The van der Waals surface area contributed by atoms with Gasteiger partial charge in [0.05, 0.1) is 5.69 Å². The average molecular weight is 355 g/mol. The van der Waals surface area contributed by atoms with Crippen LogP contribution < -0.4 is 10.6 Å². The number of para-hydroxylation sites is 1. The molecule has 1 aromatic heterocycles. The molecule has 3 aromatic rings. The Kier molecular flexibility index (Phi) is 4.83. The molecule has 134 valence electrons. The van der Waals surface area contributed by atoms with E-state index >= 15 is 0 Å². The summed E-state index contributed by atoms with van der Waals surface area (Å²) in [5.74, 6) is 0. The highest BCUT2D eigenvalue weighted by Crippen LogP contribution is 2.35. The first-order chi connectivity index (χ1) is 13.3. The van der Waals surface area contributed by atoms with Gasteiger partial charge in [0.2, 0.25) is 0 Å². The van der Waals surface area contributed by atoms with Crippen LogP contribution in [0.3, 0.4) is 0 Å². The highest BCUT2D eigenvalue weighted by molar-refractivity contribution is 5.90. The van der Waals surface area contributed by atoms with Gasteiger partial charge in [0.1, 0.15) is 0 Å². The third-order valence-electron chi connectivity index (χ3n) is 4.69. The van der Waals surface area contributed by atoms with Crippen molar-refractivity contribution >= 4 is 16.8 Å². The van der Waals surface area contributed by atoms with Crippen molar-refractivity contribution in [1.82, 2.24) is 4.98 Å². The fraction of sp³-hybridized carbons (Fsp3) is 0.0870. The van der Waals surface area contributed by atoms with Crippen LogP contribution in [0, 0.1) is 0 Å². The van der Waals surface area contributed by atoms with Crippen LogP contribution in [-0.2, 0) is 6.54 Å². The van der Waals surface area contributed by atoms with Gasteiger partial charge in [0.25, 0.3) is 0 Å². The number of aromatic nitrogens is 1. The molecule has 1 unspecified atom stereocenters. The van der Waals surface area contributed by atoms with E-state index in [1.807, 2.05) is 90.0 Å². The van der Waals surface area contributed by atoms with Crippen molar-refractivity contribution in [3.8, 4) is 0 Å². The van der Waals surface area contributed by atoms with Crippen LogP contribution in [-0.4, -0.2) is 16.3 Å².